The summed E-state index contributed by atoms with van der Waals surface area (Å²) < 4.78 is 29.9. The summed E-state index contributed by atoms with van der Waals surface area (Å²) in [6.07, 6.45) is 4.42. The number of rotatable bonds is 6. The second kappa shape index (κ2) is 11.7. The van der Waals surface area contributed by atoms with Gasteiger partial charge in [0.25, 0.3) is 0 Å². The molecule has 3 aliphatic rings. The van der Waals surface area contributed by atoms with E-state index < -0.39 is 11.0 Å². The second-order valence-electron chi connectivity index (χ2n) is 13.3. The van der Waals surface area contributed by atoms with Gasteiger partial charge in [0.1, 0.15) is 5.75 Å². The number of morpholine rings is 1. The molecule has 0 bridgehead atoms. The zero-order valence-electron chi connectivity index (χ0n) is 28.5. The van der Waals surface area contributed by atoms with Crippen molar-refractivity contribution in [3.05, 3.63) is 124 Å². The van der Waals surface area contributed by atoms with Gasteiger partial charge < -0.3 is 28.6 Å². The molecule has 7 heteroatoms. The highest BCUT2D eigenvalue weighted by Gasteiger charge is 2.45. The number of ether oxygens (including phenoxy) is 5. The second-order valence-corrected chi connectivity index (χ2v) is 13.3. The average molecular weight is 654 g/mol. The number of fused-ring (bicyclic) bond motifs is 8. The van der Waals surface area contributed by atoms with Gasteiger partial charge in [-0.1, -0.05) is 68.5 Å². The van der Waals surface area contributed by atoms with Gasteiger partial charge in [0.2, 0.25) is 0 Å². The molecule has 49 heavy (non-hydrogen) atoms. The molecule has 0 saturated carbocycles. The molecule has 1 fully saturated rings. The molecule has 1 aliphatic carbocycles. The van der Waals surface area contributed by atoms with Crippen LogP contribution in [-0.2, 0) is 20.5 Å². The Kier molecular flexibility index (Phi) is 7.41. The minimum Gasteiger partial charge on any atom is -0.493 e. The fourth-order valence-corrected chi connectivity index (χ4v) is 7.96. The van der Waals surface area contributed by atoms with Crippen molar-refractivity contribution in [2.24, 2.45) is 0 Å². The fraction of sp³-hybridized carbons (Fsp3) is 0.262. The lowest BCUT2D eigenvalue weighted by Crippen LogP contribution is -2.37. The van der Waals surface area contributed by atoms with Gasteiger partial charge in [-0.2, -0.15) is 0 Å². The normalized spacial score (nSPS) is 18.7. The summed E-state index contributed by atoms with van der Waals surface area (Å²) in [7, 11) is 4.72. The Morgan fingerprint density at radius 1 is 0.796 bits per heavy atom. The summed E-state index contributed by atoms with van der Waals surface area (Å²) in [4.78, 5) is 15.0. The maximum Gasteiger partial charge on any atom is 0.337 e. The number of carbonyl (C=O) groups is 1. The van der Waals surface area contributed by atoms with Crippen molar-refractivity contribution in [1.82, 2.24) is 0 Å². The summed E-state index contributed by atoms with van der Waals surface area (Å²) in [6.45, 7) is 7.62. The van der Waals surface area contributed by atoms with Crippen LogP contribution in [-0.4, -0.2) is 53.6 Å². The number of nitrogens with zero attached hydrogens (tertiary/aromatic N) is 1. The predicted molar refractivity (Wildman–Crippen MR) is 192 cm³/mol. The first-order valence-electron chi connectivity index (χ1n) is 16.7. The molecule has 7 nitrogen and oxygen atoms in total. The SMILES string of the molecule is COC(=O)c1ccc2c(c1)C(C)(C)c1c3c(c4cc(OC)c(OC)cc4c1-2)OC(c1ccccc1)(c1ccc(N2CCOCC2)cc1)C=C3. The molecule has 0 N–H and O–H groups in total. The Hall–Kier alpha value is -5.27. The molecule has 0 radical (unpaired) electrons. The molecule has 8 rings (SSSR count). The predicted octanol–water partition coefficient (Wildman–Crippen LogP) is 8.14. The van der Waals surface area contributed by atoms with Crippen LogP contribution in [0.5, 0.6) is 17.2 Å². The van der Waals surface area contributed by atoms with Crippen molar-refractivity contribution < 1.29 is 28.5 Å². The highest BCUT2D eigenvalue weighted by molar-refractivity contribution is 6.10. The minimum absolute atomic E-state index is 0.358. The molecule has 0 spiro atoms. The van der Waals surface area contributed by atoms with Gasteiger partial charge in [0.05, 0.1) is 40.1 Å². The van der Waals surface area contributed by atoms with Gasteiger partial charge >= 0.3 is 5.97 Å². The van der Waals surface area contributed by atoms with Crippen LogP contribution in [0, 0.1) is 0 Å². The van der Waals surface area contributed by atoms with E-state index in [1.807, 2.05) is 30.3 Å². The summed E-state index contributed by atoms with van der Waals surface area (Å²) >= 11 is 0. The topological polar surface area (TPSA) is 66.5 Å². The number of methoxy groups -OCH3 is 3. The molecule has 0 amide bonds. The summed E-state index contributed by atoms with van der Waals surface area (Å²) in [5, 5.41) is 1.91. The van der Waals surface area contributed by atoms with Gasteiger partial charge in [-0.05, 0) is 70.1 Å². The van der Waals surface area contributed by atoms with Crippen molar-refractivity contribution in [2.45, 2.75) is 24.9 Å². The third-order valence-corrected chi connectivity index (χ3v) is 10.4. The quantitative estimate of drug-likeness (QED) is 0.172. The summed E-state index contributed by atoms with van der Waals surface area (Å²) in [6, 6.07) is 29.0. The van der Waals surface area contributed by atoms with Gasteiger partial charge in [-0.15, -0.1) is 0 Å². The number of anilines is 1. The van der Waals surface area contributed by atoms with Gasteiger partial charge in [0.15, 0.2) is 17.1 Å². The van der Waals surface area contributed by atoms with Crippen LogP contribution in [0.1, 0.15) is 52.0 Å². The minimum atomic E-state index is -0.903. The number of hydrogen-bond acceptors (Lipinski definition) is 7. The zero-order valence-corrected chi connectivity index (χ0v) is 28.5. The number of benzene rings is 5. The Labute approximate surface area is 286 Å². The van der Waals surface area contributed by atoms with E-state index in [-0.39, 0.29) is 5.97 Å². The lowest BCUT2D eigenvalue weighted by molar-refractivity contribution is 0.0600. The fourth-order valence-electron chi connectivity index (χ4n) is 7.96. The molecule has 2 heterocycles. The molecular formula is C42H39NO6. The molecule has 1 saturated heterocycles. The van der Waals surface area contributed by atoms with E-state index in [4.69, 9.17) is 23.7 Å². The summed E-state index contributed by atoms with van der Waals surface area (Å²) in [5.74, 6) is 1.67. The van der Waals surface area contributed by atoms with Gasteiger partial charge in [-0.25, -0.2) is 4.79 Å². The van der Waals surface area contributed by atoms with E-state index in [0.717, 1.165) is 81.8 Å². The van der Waals surface area contributed by atoms with Crippen molar-refractivity contribution in [2.75, 3.05) is 52.5 Å². The molecule has 1 unspecified atom stereocenters. The van der Waals surface area contributed by atoms with E-state index in [0.29, 0.717) is 17.1 Å². The molecule has 0 aromatic heterocycles. The third kappa shape index (κ3) is 4.71. The van der Waals surface area contributed by atoms with Gasteiger partial charge in [-0.3, -0.25) is 0 Å². The maximum absolute atomic E-state index is 12.7. The Morgan fingerprint density at radius 3 is 2.14 bits per heavy atom. The van der Waals surface area contributed by atoms with Crippen molar-refractivity contribution >= 4 is 28.5 Å². The number of carbonyl (C=O) groups excluding carboxylic acids is 1. The van der Waals surface area contributed by atoms with Gasteiger partial charge in [0, 0.05) is 46.3 Å². The number of esters is 1. The molecule has 5 aromatic rings. The van der Waals surface area contributed by atoms with Crippen LogP contribution < -0.4 is 19.1 Å². The van der Waals surface area contributed by atoms with E-state index in [2.05, 4.69) is 85.5 Å². The van der Waals surface area contributed by atoms with Crippen LogP contribution in [0.25, 0.3) is 28.0 Å². The Morgan fingerprint density at radius 2 is 1.47 bits per heavy atom. The van der Waals surface area contributed by atoms with Crippen LogP contribution in [0.15, 0.2) is 91.0 Å². The molecule has 1 atom stereocenters. The summed E-state index contributed by atoms with van der Waals surface area (Å²) in [5.41, 5.74) is 7.75. The van der Waals surface area contributed by atoms with E-state index in [1.165, 1.54) is 12.8 Å². The first-order chi connectivity index (χ1) is 23.8. The highest BCUT2D eigenvalue weighted by Crippen LogP contribution is 2.59. The number of hydrogen-bond donors (Lipinski definition) is 0. The van der Waals surface area contributed by atoms with E-state index in [1.54, 1.807) is 14.2 Å². The van der Waals surface area contributed by atoms with Crippen LogP contribution in [0.3, 0.4) is 0 Å². The van der Waals surface area contributed by atoms with Crippen molar-refractivity contribution in [3.63, 3.8) is 0 Å². The monoisotopic (exact) mass is 653 g/mol. The largest absolute Gasteiger partial charge is 0.493 e. The lowest BCUT2D eigenvalue weighted by atomic mass is 9.76. The van der Waals surface area contributed by atoms with Crippen molar-refractivity contribution in [3.8, 4) is 28.4 Å². The Bertz CT molecular complexity index is 2130. The highest BCUT2D eigenvalue weighted by atomic mass is 16.5. The van der Waals surface area contributed by atoms with Crippen LogP contribution >= 0.6 is 0 Å². The average Bonchev–Trinajstić information content (AvgIpc) is 3.40. The molecular weight excluding hydrogens is 614 g/mol. The standard InChI is InChI=1S/C42H39NO6/c1-41(2)34-23-26(40(44)47-5)11-16-30(34)37-32-24-35(45-3)36(46-4)25-33(32)39-31(38(37)41)17-18-42(49-39,27-9-7-6-8-10-27)28-12-14-29(15-13-28)43-19-21-48-22-20-43/h6-18,23-25H,19-22H2,1-5H3. The van der Waals surface area contributed by atoms with E-state index >= 15 is 0 Å². The van der Waals surface area contributed by atoms with E-state index in [9.17, 15) is 4.79 Å². The van der Waals surface area contributed by atoms with Crippen LogP contribution in [0.4, 0.5) is 5.69 Å². The zero-order chi connectivity index (χ0) is 33.9. The smallest absolute Gasteiger partial charge is 0.337 e. The molecule has 5 aromatic carbocycles. The Balaban J connectivity index is 1.38. The van der Waals surface area contributed by atoms with Crippen LogP contribution in [0.2, 0.25) is 0 Å². The third-order valence-electron chi connectivity index (χ3n) is 10.4. The first-order valence-corrected chi connectivity index (χ1v) is 16.7. The lowest BCUT2D eigenvalue weighted by Gasteiger charge is -2.39. The molecule has 2 aliphatic heterocycles. The maximum atomic E-state index is 12.7. The van der Waals surface area contributed by atoms with Crippen molar-refractivity contribution in [1.29, 1.82) is 0 Å². The first kappa shape index (κ1) is 31.0. The molecule has 248 valence electrons.